The number of hydrogen-bond acceptors (Lipinski definition) is 4. The molecule has 0 saturated heterocycles. The number of para-hydroxylation sites is 2. The molecule has 0 N–H and O–H groups in total. The van der Waals surface area contributed by atoms with Crippen molar-refractivity contribution in [3.63, 3.8) is 0 Å². The van der Waals surface area contributed by atoms with E-state index in [0.29, 0.717) is 17.5 Å². The van der Waals surface area contributed by atoms with Gasteiger partial charge in [-0.3, -0.25) is 0 Å². The van der Waals surface area contributed by atoms with E-state index in [2.05, 4.69) is 174 Å². The number of nitrogens with zero attached hydrogens (tertiary/aromatic N) is 4. The van der Waals surface area contributed by atoms with Crippen LogP contribution in [0.15, 0.2) is 186 Å². The minimum Gasteiger partial charge on any atom is -0.456 e. The summed E-state index contributed by atoms with van der Waals surface area (Å²) in [6.45, 7) is 0. The van der Waals surface area contributed by atoms with Gasteiger partial charge in [0.25, 0.3) is 0 Å². The first-order valence-electron chi connectivity index (χ1n) is 18.8. The molecule has 0 amide bonds. The molecule has 5 nitrogen and oxygen atoms in total. The highest BCUT2D eigenvalue weighted by molar-refractivity contribution is 6.15. The van der Waals surface area contributed by atoms with Crippen molar-refractivity contribution >= 4 is 76.1 Å². The van der Waals surface area contributed by atoms with Crippen LogP contribution in [0.3, 0.4) is 0 Å². The maximum atomic E-state index is 6.58. The summed E-state index contributed by atoms with van der Waals surface area (Å²) in [5.41, 5.74) is 7.49. The summed E-state index contributed by atoms with van der Waals surface area (Å²) in [7, 11) is 0. The van der Waals surface area contributed by atoms with E-state index < -0.39 is 0 Å². The topological polar surface area (TPSA) is 56.7 Å². The average molecular weight is 715 g/mol. The van der Waals surface area contributed by atoms with Crippen molar-refractivity contribution in [2.75, 3.05) is 0 Å². The molecule has 260 valence electrons. The smallest absolute Gasteiger partial charge is 0.166 e. The lowest BCUT2D eigenvalue weighted by molar-refractivity contribution is 0.668. The van der Waals surface area contributed by atoms with Gasteiger partial charge in [0.05, 0.1) is 16.7 Å². The summed E-state index contributed by atoms with van der Waals surface area (Å²) in [6.07, 6.45) is 0. The Balaban J connectivity index is 1.20. The lowest BCUT2D eigenvalue weighted by atomic mass is 10.0. The van der Waals surface area contributed by atoms with Gasteiger partial charge in [-0.2, -0.15) is 0 Å². The van der Waals surface area contributed by atoms with Crippen molar-refractivity contribution < 1.29 is 4.42 Å². The molecule has 0 radical (unpaired) electrons. The van der Waals surface area contributed by atoms with E-state index in [-0.39, 0.29) is 0 Å². The number of hydrogen-bond donors (Lipinski definition) is 0. The fraction of sp³-hybridized carbons (Fsp3) is 0. The van der Waals surface area contributed by atoms with E-state index in [1.807, 2.05) is 12.1 Å². The van der Waals surface area contributed by atoms with Crippen molar-refractivity contribution in [3.8, 4) is 39.9 Å². The fourth-order valence-corrected chi connectivity index (χ4v) is 8.45. The lowest BCUT2D eigenvalue weighted by Crippen LogP contribution is -2.04. The predicted octanol–water partition coefficient (Wildman–Crippen LogP) is 13.3. The zero-order valence-electron chi connectivity index (χ0n) is 30.0. The van der Waals surface area contributed by atoms with E-state index in [1.165, 1.54) is 32.3 Å². The van der Waals surface area contributed by atoms with E-state index >= 15 is 0 Å². The first-order chi connectivity index (χ1) is 27.7. The molecule has 0 aliphatic carbocycles. The Morgan fingerprint density at radius 3 is 1.55 bits per heavy atom. The molecular weight excluding hydrogens is 685 g/mol. The molecule has 0 bridgehead atoms. The molecule has 0 aliphatic rings. The molecule has 3 aromatic heterocycles. The maximum Gasteiger partial charge on any atom is 0.166 e. The average Bonchev–Trinajstić information content (AvgIpc) is 3.79. The summed E-state index contributed by atoms with van der Waals surface area (Å²) < 4.78 is 8.93. The first-order valence-corrected chi connectivity index (χ1v) is 18.8. The van der Waals surface area contributed by atoms with E-state index in [4.69, 9.17) is 19.4 Å². The Kier molecular flexibility index (Phi) is 6.56. The van der Waals surface area contributed by atoms with Crippen molar-refractivity contribution in [2.24, 2.45) is 0 Å². The van der Waals surface area contributed by atoms with Gasteiger partial charge < -0.3 is 8.98 Å². The number of rotatable bonds is 4. The quantitative estimate of drug-likeness (QED) is 0.182. The van der Waals surface area contributed by atoms with Crippen LogP contribution in [-0.4, -0.2) is 19.5 Å². The minimum absolute atomic E-state index is 0.584. The zero-order chi connectivity index (χ0) is 36.7. The van der Waals surface area contributed by atoms with Crippen LogP contribution in [0.4, 0.5) is 0 Å². The summed E-state index contributed by atoms with van der Waals surface area (Å²) in [5.74, 6) is 1.81. The van der Waals surface area contributed by atoms with Gasteiger partial charge in [-0.05, 0) is 74.8 Å². The van der Waals surface area contributed by atoms with Crippen LogP contribution < -0.4 is 0 Å². The highest BCUT2D eigenvalue weighted by Gasteiger charge is 2.22. The second kappa shape index (κ2) is 11.9. The van der Waals surface area contributed by atoms with E-state index in [9.17, 15) is 0 Å². The third-order valence-corrected chi connectivity index (χ3v) is 11.2. The van der Waals surface area contributed by atoms with Crippen molar-refractivity contribution in [1.29, 1.82) is 0 Å². The molecule has 5 heteroatoms. The van der Waals surface area contributed by atoms with Gasteiger partial charge in [0.15, 0.2) is 17.5 Å². The Hall–Kier alpha value is -7.63. The van der Waals surface area contributed by atoms with Gasteiger partial charge in [0.1, 0.15) is 11.2 Å². The molecule has 0 atom stereocenters. The highest BCUT2D eigenvalue weighted by atomic mass is 16.3. The molecule has 56 heavy (non-hydrogen) atoms. The largest absolute Gasteiger partial charge is 0.456 e. The van der Waals surface area contributed by atoms with Gasteiger partial charge >= 0.3 is 0 Å². The van der Waals surface area contributed by atoms with Crippen LogP contribution in [0.1, 0.15) is 0 Å². The van der Waals surface area contributed by atoms with Crippen LogP contribution in [-0.2, 0) is 0 Å². The number of benzene rings is 9. The van der Waals surface area contributed by atoms with Gasteiger partial charge in [-0.1, -0.05) is 133 Å². The van der Waals surface area contributed by atoms with Gasteiger partial charge in [-0.25, -0.2) is 15.0 Å². The molecule has 0 fully saturated rings. The third kappa shape index (κ3) is 4.78. The minimum atomic E-state index is 0.584. The van der Waals surface area contributed by atoms with Gasteiger partial charge in [0, 0.05) is 44.3 Å². The Labute approximate surface area is 320 Å². The second-order valence-electron chi connectivity index (χ2n) is 14.5. The molecule has 0 spiro atoms. The normalized spacial score (nSPS) is 11.9. The van der Waals surface area contributed by atoms with Crippen LogP contribution in [0.2, 0.25) is 0 Å². The van der Waals surface area contributed by atoms with Crippen LogP contribution in [0.5, 0.6) is 0 Å². The second-order valence-corrected chi connectivity index (χ2v) is 14.5. The van der Waals surface area contributed by atoms with Crippen LogP contribution >= 0.6 is 0 Å². The fourth-order valence-electron chi connectivity index (χ4n) is 8.45. The van der Waals surface area contributed by atoms with Crippen molar-refractivity contribution in [1.82, 2.24) is 19.5 Å². The Morgan fingerprint density at radius 1 is 0.339 bits per heavy atom. The molecule has 9 aromatic carbocycles. The molecule has 0 aliphatic heterocycles. The lowest BCUT2D eigenvalue weighted by Gasteiger charge is -2.15. The summed E-state index contributed by atoms with van der Waals surface area (Å²) in [5, 5.41) is 11.4. The van der Waals surface area contributed by atoms with Gasteiger partial charge in [-0.15, -0.1) is 0 Å². The monoisotopic (exact) mass is 714 g/mol. The summed E-state index contributed by atoms with van der Waals surface area (Å²) in [4.78, 5) is 15.9. The van der Waals surface area contributed by atoms with Gasteiger partial charge in [0.2, 0.25) is 0 Å². The van der Waals surface area contributed by atoms with Crippen LogP contribution in [0.25, 0.3) is 116 Å². The maximum absolute atomic E-state index is 6.58. The standard InChI is InChI=1S/C51H30N4O/c1-3-13-33-25-37(23-21-31(33)11-1)49-52-50(38-24-22-32-12-2-4-14-34(32)26-38)54-51(53-49)43-29-42-40-18-8-10-20-47(40)56-48(42)30-46(43)55-44-19-9-7-17-39(44)41-27-35-15-5-6-16-36(35)28-45(41)55/h1-30H. The molecule has 12 aromatic rings. The van der Waals surface area contributed by atoms with Crippen molar-refractivity contribution in [3.05, 3.63) is 182 Å². The molecule has 3 heterocycles. The molecular formula is C51H30N4O. The Morgan fingerprint density at radius 2 is 0.875 bits per heavy atom. The third-order valence-electron chi connectivity index (χ3n) is 11.2. The zero-order valence-corrected chi connectivity index (χ0v) is 30.0. The summed E-state index contributed by atoms with van der Waals surface area (Å²) >= 11 is 0. The van der Waals surface area contributed by atoms with Crippen LogP contribution in [0, 0.1) is 0 Å². The SMILES string of the molecule is c1ccc2cc(-c3nc(-c4ccc5ccccc5c4)nc(-c4cc5c(cc4-n4c6ccccc6c6cc7ccccc7cc64)oc4ccccc45)n3)ccc2c1. The molecule has 0 saturated carbocycles. The van der Waals surface area contributed by atoms with Crippen molar-refractivity contribution in [2.45, 2.75) is 0 Å². The molecule has 12 rings (SSSR count). The summed E-state index contributed by atoms with van der Waals surface area (Å²) in [6, 6.07) is 64.0. The predicted molar refractivity (Wildman–Crippen MR) is 230 cm³/mol. The number of fused-ring (bicyclic) bond motifs is 9. The number of furan rings is 1. The van der Waals surface area contributed by atoms with E-state index in [0.717, 1.165) is 66.1 Å². The van der Waals surface area contributed by atoms with E-state index in [1.54, 1.807) is 0 Å². The molecule has 0 unspecified atom stereocenters. The first kappa shape index (κ1) is 30.8. The highest BCUT2D eigenvalue weighted by Crippen LogP contribution is 2.41. The Bertz CT molecular complexity index is 3460. The number of aromatic nitrogens is 4.